The number of benzene rings is 1. The highest BCUT2D eigenvalue weighted by Gasteiger charge is 2.26. The number of amides is 2. The fraction of sp³-hybridized carbons (Fsp3) is 0.462. The fourth-order valence-corrected chi connectivity index (χ4v) is 1.26. The Balaban J connectivity index is 2.69. The van der Waals surface area contributed by atoms with Crippen LogP contribution in [0.2, 0.25) is 0 Å². The summed E-state index contributed by atoms with van der Waals surface area (Å²) in [4.78, 5) is 13.4. The number of hydrogen-bond donors (Lipinski definition) is 2. The van der Waals surface area contributed by atoms with Gasteiger partial charge in [-0.25, -0.2) is 4.79 Å². The number of nitrogens with zero attached hydrogens (tertiary/aromatic N) is 1. The van der Waals surface area contributed by atoms with Crippen LogP contribution in [-0.4, -0.2) is 42.3 Å². The first-order valence-corrected chi connectivity index (χ1v) is 5.70. The predicted molar refractivity (Wildman–Crippen MR) is 70.9 cm³/mol. The molecule has 1 aromatic rings. The average Bonchev–Trinajstić information content (AvgIpc) is 2.38. The Hall–Kier alpha value is -1.75. The molecule has 2 N–H and O–H groups in total. The van der Waals surface area contributed by atoms with Crippen molar-refractivity contribution in [3.8, 4) is 5.75 Å². The van der Waals surface area contributed by atoms with E-state index < -0.39 is 5.54 Å². The highest BCUT2D eigenvalue weighted by Crippen LogP contribution is 2.17. The van der Waals surface area contributed by atoms with E-state index in [4.69, 9.17) is 4.74 Å². The Morgan fingerprint density at radius 3 is 2.39 bits per heavy atom. The molecular formula is C13H20N2O3. The van der Waals surface area contributed by atoms with Gasteiger partial charge in [-0.2, -0.15) is 0 Å². The molecule has 0 fully saturated rings. The van der Waals surface area contributed by atoms with Crippen LogP contribution < -0.4 is 10.1 Å². The lowest BCUT2D eigenvalue weighted by molar-refractivity contribution is 0.104. The minimum absolute atomic E-state index is 0.0977. The van der Waals surface area contributed by atoms with Gasteiger partial charge in [-0.1, -0.05) is 0 Å². The minimum Gasteiger partial charge on any atom is -0.497 e. The molecule has 0 heterocycles. The SMILES string of the molecule is COc1ccc(NC(=O)N(C)C(C)(C)CO)cc1. The van der Waals surface area contributed by atoms with Crippen molar-refractivity contribution in [3.05, 3.63) is 24.3 Å². The Bertz CT molecular complexity index is 401. The maximum Gasteiger partial charge on any atom is 0.322 e. The molecule has 0 bridgehead atoms. The van der Waals surface area contributed by atoms with Crippen LogP contribution in [-0.2, 0) is 0 Å². The van der Waals surface area contributed by atoms with Crippen molar-refractivity contribution in [2.75, 3.05) is 26.1 Å². The first-order chi connectivity index (χ1) is 8.40. The molecule has 1 aromatic carbocycles. The van der Waals surface area contributed by atoms with Crippen LogP contribution >= 0.6 is 0 Å². The van der Waals surface area contributed by atoms with Crippen LogP contribution in [0.1, 0.15) is 13.8 Å². The summed E-state index contributed by atoms with van der Waals surface area (Å²) in [5.74, 6) is 0.733. The molecule has 0 saturated carbocycles. The molecule has 5 heteroatoms. The second-order valence-corrected chi connectivity index (χ2v) is 4.69. The van der Waals surface area contributed by atoms with Gasteiger partial charge in [0.05, 0.1) is 19.3 Å². The number of nitrogens with one attached hydrogen (secondary N) is 1. The number of carbonyl (C=O) groups excluding carboxylic acids is 1. The van der Waals surface area contributed by atoms with E-state index in [1.54, 1.807) is 52.3 Å². The standard InChI is InChI=1S/C13H20N2O3/c1-13(2,9-16)15(3)12(17)14-10-5-7-11(18-4)8-6-10/h5-8,16H,9H2,1-4H3,(H,14,17). The normalized spacial score (nSPS) is 10.9. The first-order valence-electron chi connectivity index (χ1n) is 5.70. The topological polar surface area (TPSA) is 61.8 Å². The highest BCUT2D eigenvalue weighted by molar-refractivity contribution is 5.89. The summed E-state index contributed by atoms with van der Waals surface area (Å²) in [7, 11) is 3.24. The first kappa shape index (κ1) is 14.3. The van der Waals surface area contributed by atoms with Crippen molar-refractivity contribution in [1.82, 2.24) is 4.90 Å². The van der Waals surface area contributed by atoms with E-state index in [-0.39, 0.29) is 12.6 Å². The summed E-state index contributed by atoms with van der Waals surface area (Å²) >= 11 is 0. The Kier molecular flexibility index (Phi) is 4.55. The monoisotopic (exact) mass is 252 g/mol. The Morgan fingerprint density at radius 2 is 1.94 bits per heavy atom. The van der Waals surface area contributed by atoms with Crippen LogP contribution in [0.25, 0.3) is 0 Å². The van der Waals surface area contributed by atoms with E-state index in [0.717, 1.165) is 5.75 Å². The fourth-order valence-electron chi connectivity index (χ4n) is 1.26. The zero-order valence-electron chi connectivity index (χ0n) is 11.2. The third kappa shape index (κ3) is 3.37. The van der Waals surface area contributed by atoms with Crippen molar-refractivity contribution in [2.45, 2.75) is 19.4 Å². The molecule has 5 nitrogen and oxygen atoms in total. The number of likely N-dealkylation sites (N-methyl/N-ethyl adjacent to an activating group) is 1. The number of anilines is 1. The summed E-state index contributed by atoms with van der Waals surface area (Å²) < 4.78 is 5.04. The van der Waals surface area contributed by atoms with E-state index in [2.05, 4.69) is 5.32 Å². The summed E-state index contributed by atoms with van der Waals surface area (Å²) in [6.07, 6.45) is 0. The molecule has 0 saturated heterocycles. The van der Waals surface area contributed by atoms with Gasteiger partial charge in [0, 0.05) is 12.7 Å². The molecule has 2 amide bonds. The molecule has 0 atom stereocenters. The van der Waals surface area contributed by atoms with Crippen molar-refractivity contribution in [2.24, 2.45) is 0 Å². The number of carbonyl (C=O) groups is 1. The molecule has 0 spiro atoms. The molecule has 18 heavy (non-hydrogen) atoms. The summed E-state index contributed by atoms with van der Waals surface area (Å²) in [5.41, 5.74) is 0.0812. The highest BCUT2D eigenvalue weighted by atomic mass is 16.5. The van der Waals surface area contributed by atoms with Gasteiger partial charge in [0.15, 0.2) is 0 Å². The lowest BCUT2D eigenvalue weighted by Crippen LogP contribution is -2.49. The zero-order valence-corrected chi connectivity index (χ0v) is 11.2. The van der Waals surface area contributed by atoms with E-state index in [9.17, 15) is 9.90 Å². The van der Waals surface area contributed by atoms with Gasteiger partial charge < -0.3 is 20.1 Å². The van der Waals surface area contributed by atoms with Gasteiger partial charge in [-0.15, -0.1) is 0 Å². The van der Waals surface area contributed by atoms with E-state index in [0.29, 0.717) is 5.69 Å². The lowest BCUT2D eigenvalue weighted by atomic mass is 10.1. The molecule has 0 aliphatic carbocycles. The summed E-state index contributed by atoms with van der Waals surface area (Å²) in [5, 5.41) is 12.0. The lowest BCUT2D eigenvalue weighted by Gasteiger charge is -2.33. The number of urea groups is 1. The summed E-state index contributed by atoms with van der Waals surface area (Å²) in [6.45, 7) is 3.49. The average molecular weight is 252 g/mol. The third-order valence-electron chi connectivity index (χ3n) is 2.94. The number of aliphatic hydroxyl groups excluding tert-OH is 1. The van der Waals surface area contributed by atoms with Crippen LogP contribution in [0.5, 0.6) is 5.75 Å². The predicted octanol–water partition coefficient (Wildman–Crippen LogP) is 1.93. The number of methoxy groups -OCH3 is 1. The quantitative estimate of drug-likeness (QED) is 0.860. The smallest absolute Gasteiger partial charge is 0.322 e. The molecule has 0 aliphatic heterocycles. The van der Waals surface area contributed by atoms with Crippen LogP contribution in [0.15, 0.2) is 24.3 Å². The van der Waals surface area contributed by atoms with Gasteiger partial charge in [0.25, 0.3) is 0 Å². The Morgan fingerprint density at radius 1 is 1.39 bits per heavy atom. The number of hydrogen-bond acceptors (Lipinski definition) is 3. The number of aliphatic hydroxyl groups is 1. The zero-order chi connectivity index (χ0) is 13.8. The van der Waals surface area contributed by atoms with Crippen molar-refractivity contribution in [1.29, 1.82) is 0 Å². The van der Waals surface area contributed by atoms with Gasteiger partial charge in [0.2, 0.25) is 0 Å². The molecule has 1 rings (SSSR count). The van der Waals surface area contributed by atoms with Crippen LogP contribution in [0.4, 0.5) is 10.5 Å². The van der Waals surface area contributed by atoms with Gasteiger partial charge in [-0.3, -0.25) is 0 Å². The van der Waals surface area contributed by atoms with Gasteiger partial charge >= 0.3 is 6.03 Å². The largest absolute Gasteiger partial charge is 0.497 e. The second kappa shape index (κ2) is 5.73. The molecule has 0 aliphatic rings. The van der Waals surface area contributed by atoms with Gasteiger partial charge in [-0.05, 0) is 38.1 Å². The second-order valence-electron chi connectivity index (χ2n) is 4.69. The maximum atomic E-state index is 11.9. The van der Waals surface area contributed by atoms with Crippen LogP contribution in [0, 0.1) is 0 Å². The van der Waals surface area contributed by atoms with E-state index in [1.165, 1.54) is 4.90 Å². The molecule has 0 unspecified atom stereocenters. The maximum absolute atomic E-state index is 11.9. The van der Waals surface area contributed by atoms with E-state index >= 15 is 0 Å². The van der Waals surface area contributed by atoms with Crippen molar-refractivity contribution >= 4 is 11.7 Å². The minimum atomic E-state index is -0.601. The Labute approximate surface area is 107 Å². The molecule has 0 radical (unpaired) electrons. The number of rotatable bonds is 4. The summed E-state index contributed by atoms with van der Waals surface area (Å²) in [6, 6.07) is 6.80. The van der Waals surface area contributed by atoms with Crippen LogP contribution in [0.3, 0.4) is 0 Å². The third-order valence-corrected chi connectivity index (χ3v) is 2.94. The molecule has 0 aromatic heterocycles. The van der Waals surface area contributed by atoms with Gasteiger partial charge in [0.1, 0.15) is 5.75 Å². The molecule has 100 valence electrons. The van der Waals surface area contributed by atoms with E-state index in [1.807, 2.05) is 0 Å². The number of ether oxygens (including phenoxy) is 1. The van der Waals surface area contributed by atoms with Crippen molar-refractivity contribution in [3.63, 3.8) is 0 Å². The molecular weight excluding hydrogens is 232 g/mol. The van der Waals surface area contributed by atoms with Crippen molar-refractivity contribution < 1.29 is 14.6 Å².